The molecule has 0 heterocycles. The van der Waals surface area contributed by atoms with Crippen LogP contribution >= 0.6 is 27.5 Å². The Morgan fingerprint density at radius 3 is 2.71 bits per heavy atom. The number of hydrogen-bond acceptors (Lipinski definition) is 2. The van der Waals surface area contributed by atoms with Gasteiger partial charge in [0, 0.05) is 9.50 Å². The number of halogens is 2. The van der Waals surface area contributed by atoms with Gasteiger partial charge in [0.05, 0.1) is 18.3 Å². The van der Waals surface area contributed by atoms with Gasteiger partial charge in [-0.25, -0.2) is 0 Å². The molecule has 2 aromatic carbocycles. The van der Waals surface area contributed by atoms with Crippen molar-refractivity contribution in [3.63, 3.8) is 0 Å². The van der Waals surface area contributed by atoms with Crippen LogP contribution in [0.25, 0.3) is 0 Å². The molecule has 0 bridgehead atoms. The molecule has 0 amide bonds. The predicted octanol–water partition coefficient (Wildman–Crippen LogP) is 6.06. The lowest BCUT2D eigenvalue weighted by atomic mass is 10.1. The molecule has 1 N–H and O–H groups in total. The Bertz CT molecular complexity index is 603. The number of hydrogen-bond donors (Lipinski definition) is 1. The van der Waals surface area contributed by atoms with Crippen molar-refractivity contribution in [2.75, 3.05) is 11.9 Å². The Morgan fingerprint density at radius 2 is 2.00 bits per heavy atom. The topological polar surface area (TPSA) is 21.3 Å². The first-order valence-electron chi connectivity index (χ1n) is 7.05. The standard InChI is InChI=1S/C17H19BrClNO/c1-3-10-21-17-7-5-4-6-16(17)20-12(2)14-9-8-13(18)11-15(14)19/h4-9,11-12,20H,3,10H2,1-2H3. The minimum atomic E-state index is 0.0944. The molecule has 2 rings (SSSR count). The summed E-state index contributed by atoms with van der Waals surface area (Å²) in [5, 5.41) is 4.22. The fourth-order valence-electron chi connectivity index (χ4n) is 2.09. The van der Waals surface area contributed by atoms with Crippen LogP contribution < -0.4 is 10.1 Å². The van der Waals surface area contributed by atoms with Gasteiger partial charge < -0.3 is 10.1 Å². The highest BCUT2D eigenvalue weighted by Gasteiger charge is 2.12. The third-order valence-electron chi connectivity index (χ3n) is 3.15. The lowest BCUT2D eigenvalue weighted by Gasteiger charge is -2.19. The van der Waals surface area contributed by atoms with Gasteiger partial charge in [-0.3, -0.25) is 0 Å². The van der Waals surface area contributed by atoms with Crippen LogP contribution in [0.2, 0.25) is 5.02 Å². The van der Waals surface area contributed by atoms with Crippen LogP contribution in [0, 0.1) is 0 Å². The number of benzene rings is 2. The van der Waals surface area contributed by atoms with Crippen LogP contribution in [0.1, 0.15) is 31.9 Å². The minimum Gasteiger partial charge on any atom is -0.491 e. The third-order valence-corrected chi connectivity index (χ3v) is 3.97. The van der Waals surface area contributed by atoms with Crippen molar-refractivity contribution in [1.82, 2.24) is 0 Å². The SMILES string of the molecule is CCCOc1ccccc1NC(C)c1ccc(Br)cc1Cl. The predicted molar refractivity (Wildman–Crippen MR) is 93.4 cm³/mol. The monoisotopic (exact) mass is 367 g/mol. The second kappa shape index (κ2) is 7.71. The van der Waals surface area contributed by atoms with Gasteiger partial charge in [0.1, 0.15) is 5.75 Å². The fourth-order valence-corrected chi connectivity index (χ4v) is 2.92. The van der Waals surface area contributed by atoms with Gasteiger partial charge in [0.2, 0.25) is 0 Å². The van der Waals surface area contributed by atoms with E-state index in [2.05, 4.69) is 35.1 Å². The highest BCUT2D eigenvalue weighted by atomic mass is 79.9. The molecule has 4 heteroatoms. The molecule has 0 fully saturated rings. The molecule has 2 nitrogen and oxygen atoms in total. The minimum absolute atomic E-state index is 0.0944. The first-order valence-corrected chi connectivity index (χ1v) is 8.22. The Hall–Kier alpha value is -1.19. The van der Waals surface area contributed by atoms with Gasteiger partial charge in [0.25, 0.3) is 0 Å². The van der Waals surface area contributed by atoms with Crippen LogP contribution in [0.4, 0.5) is 5.69 Å². The number of rotatable bonds is 6. The highest BCUT2D eigenvalue weighted by Crippen LogP contribution is 2.32. The number of ether oxygens (including phenoxy) is 1. The van der Waals surface area contributed by atoms with E-state index in [1.54, 1.807) is 0 Å². The Kier molecular flexibility index (Phi) is 5.95. The average molecular weight is 369 g/mol. The maximum Gasteiger partial charge on any atom is 0.142 e. The van der Waals surface area contributed by atoms with E-state index in [9.17, 15) is 0 Å². The van der Waals surface area contributed by atoms with Crippen molar-refractivity contribution in [2.45, 2.75) is 26.3 Å². The van der Waals surface area contributed by atoms with E-state index in [0.717, 1.165) is 32.9 Å². The van der Waals surface area contributed by atoms with Gasteiger partial charge >= 0.3 is 0 Å². The summed E-state index contributed by atoms with van der Waals surface area (Å²) in [6.07, 6.45) is 0.989. The number of nitrogens with one attached hydrogen (secondary N) is 1. The molecule has 0 aromatic heterocycles. The zero-order valence-corrected chi connectivity index (χ0v) is 14.5. The summed E-state index contributed by atoms with van der Waals surface area (Å²) in [5.74, 6) is 0.874. The lowest BCUT2D eigenvalue weighted by molar-refractivity contribution is 0.318. The van der Waals surface area contributed by atoms with E-state index < -0.39 is 0 Å². The lowest BCUT2D eigenvalue weighted by Crippen LogP contribution is -2.09. The smallest absolute Gasteiger partial charge is 0.142 e. The summed E-state index contributed by atoms with van der Waals surface area (Å²) in [6.45, 7) is 4.90. The Morgan fingerprint density at radius 1 is 1.24 bits per heavy atom. The summed E-state index contributed by atoms with van der Waals surface area (Å²) in [6, 6.07) is 14.0. The van der Waals surface area contributed by atoms with Crippen molar-refractivity contribution < 1.29 is 4.74 Å². The fraction of sp³-hybridized carbons (Fsp3) is 0.294. The molecule has 1 atom stereocenters. The number of para-hydroxylation sites is 2. The van der Waals surface area contributed by atoms with Crippen molar-refractivity contribution >= 4 is 33.2 Å². The van der Waals surface area contributed by atoms with Crippen molar-refractivity contribution in [3.8, 4) is 5.75 Å². The van der Waals surface area contributed by atoms with E-state index in [1.165, 1.54) is 0 Å². The molecule has 0 radical (unpaired) electrons. The van der Waals surface area contributed by atoms with Crippen LogP contribution in [0.15, 0.2) is 46.9 Å². The van der Waals surface area contributed by atoms with E-state index in [4.69, 9.17) is 16.3 Å². The molecule has 0 saturated carbocycles. The van der Waals surface area contributed by atoms with Gasteiger partial charge in [-0.15, -0.1) is 0 Å². The first-order chi connectivity index (χ1) is 10.1. The van der Waals surface area contributed by atoms with Gasteiger partial charge in [-0.1, -0.05) is 52.7 Å². The highest BCUT2D eigenvalue weighted by molar-refractivity contribution is 9.10. The normalized spacial score (nSPS) is 12.0. The zero-order chi connectivity index (χ0) is 15.2. The van der Waals surface area contributed by atoms with E-state index in [-0.39, 0.29) is 6.04 Å². The third kappa shape index (κ3) is 4.39. The van der Waals surface area contributed by atoms with Crippen LogP contribution in [-0.4, -0.2) is 6.61 Å². The second-order valence-electron chi connectivity index (χ2n) is 4.88. The average Bonchev–Trinajstić information content (AvgIpc) is 2.46. The number of anilines is 1. The van der Waals surface area contributed by atoms with Crippen molar-refractivity contribution in [1.29, 1.82) is 0 Å². The molecule has 0 aliphatic rings. The summed E-state index contributed by atoms with van der Waals surface area (Å²) in [5.41, 5.74) is 2.04. The van der Waals surface area contributed by atoms with Crippen LogP contribution in [0.3, 0.4) is 0 Å². The van der Waals surface area contributed by atoms with Crippen molar-refractivity contribution in [3.05, 3.63) is 57.5 Å². The largest absolute Gasteiger partial charge is 0.491 e. The van der Waals surface area contributed by atoms with E-state index in [1.807, 2.05) is 42.5 Å². The second-order valence-corrected chi connectivity index (χ2v) is 6.20. The molecular formula is C17H19BrClNO. The maximum absolute atomic E-state index is 6.31. The van der Waals surface area contributed by atoms with Gasteiger partial charge in [-0.2, -0.15) is 0 Å². The summed E-state index contributed by atoms with van der Waals surface area (Å²) in [7, 11) is 0. The van der Waals surface area contributed by atoms with E-state index in [0.29, 0.717) is 6.61 Å². The van der Waals surface area contributed by atoms with Crippen LogP contribution in [-0.2, 0) is 0 Å². The quantitative estimate of drug-likeness (QED) is 0.668. The molecule has 1 unspecified atom stereocenters. The Labute approximate surface area is 139 Å². The maximum atomic E-state index is 6.31. The molecule has 0 spiro atoms. The summed E-state index contributed by atoms with van der Waals surface area (Å²) < 4.78 is 6.75. The summed E-state index contributed by atoms with van der Waals surface area (Å²) in [4.78, 5) is 0. The van der Waals surface area contributed by atoms with Crippen molar-refractivity contribution in [2.24, 2.45) is 0 Å². The van der Waals surface area contributed by atoms with E-state index >= 15 is 0 Å². The molecule has 21 heavy (non-hydrogen) atoms. The molecule has 0 aliphatic heterocycles. The summed E-state index contributed by atoms with van der Waals surface area (Å²) >= 11 is 9.74. The first kappa shape index (κ1) is 16.2. The molecule has 112 valence electrons. The van der Waals surface area contributed by atoms with Gasteiger partial charge in [0.15, 0.2) is 0 Å². The molecule has 0 saturated heterocycles. The molecule has 2 aromatic rings. The zero-order valence-electron chi connectivity index (χ0n) is 12.2. The van der Waals surface area contributed by atoms with Gasteiger partial charge in [-0.05, 0) is 43.2 Å². The van der Waals surface area contributed by atoms with Crippen LogP contribution in [0.5, 0.6) is 5.75 Å². The molecule has 0 aliphatic carbocycles. The Balaban J connectivity index is 2.17. The molecular weight excluding hydrogens is 350 g/mol.